The van der Waals surface area contributed by atoms with Gasteiger partial charge in [0.25, 0.3) is 0 Å². The summed E-state index contributed by atoms with van der Waals surface area (Å²) in [6.45, 7) is 3.35. The molecular weight excluding hydrogens is 148 g/mol. The van der Waals surface area contributed by atoms with Crippen molar-refractivity contribution in [1.82, 2.24) is 10.2 Å². The highest BCUT2D eigenvalue weighted by Gasteiger charge is 2.14. The highest BCUT2D eigenvalue weighted by Crippen LogP contribution is 2.05. The molecule has 0 aromatic rings. The topological polar surface area (TPSA) is 15.3 Å². The van der Waals surface area contributed by atoms with Crippen LogP contribution in [0.4, 0.5) is 0 Å². The van der Waals surface area contributed by atoms with Gasteiger partial charge in [-0.2, -0.15) is 0 Å². The first kappa shape index (κ1) is 9.57. The summed E-state index contributed by atoms with van der Waals surface area (Å²) < 4.78 is 0. The SMILES string of the molecule is C#CCCN(C)CC1CCCN1. The van der Waals surface area contributed by atoms with Crippen molar-refractivity contribution in [3.8, 4) is 12.3 Å². The summed E-state index contributed by atoms with van der Waals surface area (Å²) in [5, 5.41) is 3.47. The molecule has 1 atom stereocenters. The molecule has 0 radical (unpaired) electrons. The van der Waals surface area contributed by atoms with Crippen LogP contribution < -0.4 is 5.32 Å². The smallest absolute Gasteiger partial charge is 0.0214 e. The summed E-state index contributed by atoms with van der Waals surface area (Å²) in [6, 6.07) is 0.702. The van der Waals surface area contributed by atoms with E-state index >= 15 is 0 Å². The third-order valence-corrected chi connectivity index (χ3v) is 2.33. The molecule has 1 aliphatic heterocycles. The number of nitrogens with zero attached hydrogens (tertiary/aromatic N) is 1. The third-order valence-electron chi connectivity index (χ3n) is 2.33. The summed E-state index contributed by atoms with van der Waals surface area (Å²) in [5.74, 6) is 2.66. The second kappa shape index (κ2) is 5.18. The molecule has 1 unspecified atom stereocenters. The molecule has 2 heteroatoms. The maximum absolute atomic E-state index is 5.19. The molecule has 0 aromatic carbocycles. The van der Waals surface area contributed by atoms with Crippen LogP contribution in [0.5, 0.6) is 0 Å². The van der Waals surface area contributed by atoms with E-state index in [1.807, 2.05) is 0 Å². The molecule has 0 aliphatic carbocycles. The maximum Gasteiger partial charge on any atom is 0.0214 e. The lowest BCUT2D eigenvalue weighted by Crippen LogP contribution is -2.35. The Labute approximate surface area is 75.3 Å². The summed E-state index contributed by atoms with van der Waals surface area (Å²) in [7, 11) is 2.14. The summed E-state index contributed by atoms with van der Waals surface area (Å²) in [6.07, 6.45) is 8.70. The Bertz CT molecular complexity index is 154. The predicted molar refractivity (Wildman–Crippen MR) is 52.0 cm³/mol. The summed E-state index contributed by atoms with van der Waals surface area (Å²) in [5.41, 5.74) is 0. The second-order valence-electron chi connectivity index (χ2n) is 3.51. The fourth-order valence-corrected chi connectivity index (χ4v) is 1.64. The Balaban J connectivity index is 2.08. The molecule has 12 heavy (non-hydrogen) atoms. The van der Waals surface area contributed by atoms with Crippen LogP contribution in [0.3, 0.4) is 0 Å². The first-order valence-electron chi connectivity index (χ1n) is 4.68. The number of rotatable bonds is 4. The Morgan fingerprint density at radius 2 is 2.50 bits per heavy atom. The molecule has 1 aliphatic rings. The van der Waals surface area contributed by atoms with Crippen molar-refractivity contribution >= 4 is 0 Å². The Hall–Kier alpha value is -0.520. The molecule has 0 amide bonds. The van der Waals surface area contributed by atoms with Crippen molar-refractivity contribution < 1.29 is 0 Å². The van der Waals surface area contributed by atoms with Gasteiger partial charge in [-0.25, -0.2) is 0 Å². The van der Waals surface area contributed by atoms with Crippen molar-refractivity contribution in [3.63, 3.8) is 0 Å². The van der Waals surface area contributed by atoms with E-state index in [1.54, 1.807) is 0 Å². The van der Waals surface area contributed by atoms with Gasteiger partial charge in [0.1, 0.15) is 0 Å². The van der Waals surface area contributed by atoms with Gasteiger partial charge in [0.2, 0.25) is 0 Å². The Kier molecular flexibility index (Phi) is 4.13. The fraction of sp³-hybridized carbons (Fsp3) is 0.800. The van der Waals surface area contributed by atoms with E-state index in [1.165, 1.54) is 19.4 Å². The van der Waals surface area contributed by atoms with Crippen molar-refractivity contribution in [3.05, 3.63) is 0 Å². The number of likely N-dealkylation sites (N-methyl/N-ethyl adjacent to an activating group) is 1. The zero-order chi connectivity index (χ0) is 8.81. The van der Waals surface area contributed by atoms with Crippen LogP contribution in [0.25, 0.3) is 0 Å². The van der Waals surface area contributed by atoms with Crippen LogP contribution in [0.15, 0.2) is 0 Å². The van der Waals surface area contributed by atoms with E-state index in [0.717, 1.165) is 19.5 Å². The molecule has 0 spiro atoms. The van der Waals surface area contributed by atoms with Gasteiger partial charge in [0, 0.05) is 25.6 Å². The molecular formula is C10H18N2. The second-order valence-corrected chi connectivity index (χ2v) is 3.51. The maximum atomic E-state index is 5.19. The zero-order valence-corrected chi connectivity index (χ0v) is 7.84. The van der Waals surface area contributed by atoms with Crippen molar-refractivity contribution in [1.29, 1.82) is 0 Å². The van der Waals surface area contributed by atoms with E-state index in [-0.39, 0.29) is 0 Å². The lowest BCUT2D eigenvalue weighted by atomic mass is 10.2. The van der Waals surface area contributed by atoms with Crippen molar-refractivity contribution in [2.24, 2.45) is 0 Å². The molecule has 0 saturated carbocycles. The molecule has 1 fully saturated rings. The Morgan fingerprint density at radius 3 is 3.08 bits per heavy atom. The van der Waals surface area contributed by atoms with Crippen LogP contribution in [0, 0.1) is 12.3 Å². The van der Waals surface area contributed by atoms with Gasteiger partial charge < -0.3 is 10.2 Å². The minimum atomic E-state index is 0.702. The largest absolute Gasteiger partial charge is 0.313 e. The molecule has 2 nitrogen and oxygen atoms in total. The van der Waals surface area contributed by atoms with Gasteiger partial charge in [-0.1, -0.05) is 0 Å². The Morgan fingerprint density at radius 1 is 1.67 bits per heavy atom. The fourth-order valence-electron chi connectivity index (χ4n) is 1.64. The normalized spacial score (nSPS) is 22.9. The van der Waals surface area contributed by atoms with Crippen LogP contribution >= 0.6 is 0 Å². The average molecular weight is 166 g/mol. The van der Waals surface area contributed by atoms with Gasteiger partial charge in [0.15, 0.2) is 0 Å². The monoisotopic (exact) mass is 166 g/mol. The standard InChI is InChI=1S/C10H18N2/c1-3-4-8-12(2)9-10-6-5-7-11-10/h1,10-11H,4-9H2,2H3. The van der Waals surface area contributed by atoms with Crippen LogP contribution in [-0.2, 0) is 0 Å². The zero-order valence-electron chi connectivity index (χ0n) is 7.84. The number of nitrogens with one attached hydrogen (secondary N) is 1. The summed E-state index contributed by atoms with van der Waals surface area (Å²) in [4.78, 5) is 2.31. The molecule has 68 valence electrons. The minimum absolute atomic E-state index is 0.702. The van der Waals surface area contributed by atoms with E-state index in [0.29, 0.717) is 6.04 Å². The minimum Gasteiger partial charge on any atom is -0.313 e. The number of terminal acetylenes is 1. The lowest BCUT2D eigenvalue weighted by molar-refractivity contribution is 0.307. The quantitative estimate of drug-likeness (QED) is 0.618. The van der Waals surface area contributed by atoms with Gasteiger partial charge >= 0.3 is 0 Å². The van der Waals surface area contributed by atoms with Gasteiger partial charge in [0.05, 0.1) is 0 Å². The first-order chi connectivity index (χ1) is 5.83. The third kappa shape index (κ3) is 3.25. The molecule has 0 aromatic heterocycles. The molecule has 1 rings (SSSR count). The number of hydrogen-bond donors (Lipinski definition) is 1. The average Bonchev–Trinajstić information content (AvgIpc) is 2.53. The van der Waals surface area contributed by atoms with Gasteiger partial charge in [-0.3, -0.25) is 0 Å². The predicted octanol–water partition coefficient (Wildman–Crippen LogP) is 0.694. The van der Waals surface area contributed by atoms with E-state index < -0.39 is 0 Å². The van der Waals surface area contributed by atoms with Crippen LogP contribution in [0.2, 0.25) is 0 Å². The van der Waals surface area contributed by atoms with Gasteiger partial charge in [-0.05, 0) is 26.4 Å². The van der Waals surface area contributed by atoms with Crippen LogP contribution in [-0.4, -0.2) is 37.6 Å². The molecule has 1 saturated heterocycles. The summed E-state index contributed by atoms with van der Waals surface area (Å²) >= 11 is 0. The van der Waals surface area contributed by atoms with Crippen LogP contribution in [0.1, 0.15) is 19.3 Å². The molecule has 1 N–H and O–H groups in total. The van der Waals surface area contributed by atoms with Crippen molar-refractivity contribution in [2.45, 2.75) is 25.3 Å². The van der Waals surface area contributed by atoms with E-state index in [9.17, 15) is 0 Å². The first-order valence-corrected chi connectivity index (χ1v) is 4.68. The highest BCUT2D eigenvalue weighted by atomic mass is 15.1. The van der Waals surface area contributed by atoms with E-state index in [4.69, 9.17) is 6.42 Å². The number of hydrogen-bond acceptors (Lipinski definition) is 2. The van der Waals surface area contributed by atoms with Crippen molar-refractivity contribution in [2.75, 3.05) is 26.7 Å². The molecule has 0 bridgehead atoms. The molecule has 1 heterocycles. The lowest BCUT2D eigenvalue weighted by Gasteiger charge is -2.19. The van der Waals surface area contributed by atoms with E-state index in [2.05, 4.69) is 23.2 Å². The highest BCUT2D eigenvalue weighted by molar-refractivity contribution is 4.85. The van der Waals surface area contributed by atoms with Gasteiger partial charge in [-0.15, -0.1) is 12.3 Å².